The number of hydrogen-bond donors (Lipinski definition) is 3. The summed E-state index contributed by atoms with van der Waals surface area (Å²) in [6.45, 7) is 1.51. The largest absolute Gasteiger partial charge is 0.383 e. The number of aromatic amines is 1. The second-order valence-electron chi connectivity index (χ2n) is 10.6. The number of Topliss-reactive ketones (excluding diaryl/α,β-unsaturated/α-hetero) is 1. The van der Waals surface area contributed by atoms with Gasteiger partial charge in [-0.3, -0.25) is 14.7 Å². The van der Waals surface area contributed by atoms with Crippen LogP contribution in [0.2, 0.25) is 0 Å². The molecule has 4 N–H and O–H groups in total. The van der Waals surface area contributed by atoms with Crippen LogP contribution in [-0.4, -0.2) is 69.5 Å². The molecule has 2 bridgehead atoms. The van der Waals surface area contributed by atoms with Gasteiger partial charge in [-0.05, 0) is 57.6 Å². The molecule has 194 valence electrons. The lowest BCUT2D eigenvalue weighted by molar-refractivity contribution is 0.0556. The Hall–Kier alpha value is -4.35. The van der Waals surface area contributed by atoms with Crippen LogP contribution in [0.1, 0.15) is 78.0 Å². The smallest absolute Gasteiger partial charge is 0.291 e. The van der Waals surface area contributed by atoms with E-state index in [-0.39, 0.29) is 41.3 Å². The number of nitrogens with one attached hydrogen (secondary N) is 2. The van der Waals surface area contributed by atoms with Gasteiger partial charge in [-0.15, -0.1) is 0 Å². The number of pyridine rings is 1. The number of H-pyrrole nitrogens is 1. The van der Waals surface area contributed by atoms with E-state index in [2.05, 4.69) is 30.6 Å². The zero-order valence-corrected chi connectivity index (χ0v) is 21.0. The van der Waals surface area contributed by atoms with Gasteiger partial charge in [-0.25, -0.2) is 15.0 Å². The number of aromatic nitrogens is 7. The van der Waals surface area contributed by atoms with Gasteiger partial charge in [0.05, 0.1) is 17.5 Å². The number of piperidine rings is 1. The zero-order valence-electron chi connectivity index (χ0n) is 21.0. The molecular weight excluding hydrogens is 484 g/mol. The summed E-state index contributed by atoms with van der Waals surface area (Å²) < 4.78 is 1.54. The van der Waals surface area contributed by atoms with E-state index in [4.69, 9.17) is 10.7 Å². The average molecular weight is 513 g/mol. The van der Waals surface area contributed by atoms with Gasteiger partial charge >= 0.3 is 0 Å². The summed E-state index contributed by atoms with van der Waals surface area (Å²) in [5.41, 5.74) is 9.94. The maximum atomic E-state index is 13.1. The Balaban J connectivity index is 1.25. The van der Waals surface area contributed by atoms with Crippen LogP contribution < -0.4 is 11.1 Å². The van der Waals surface area contributed by atoms with Crippen molar-refractivity contribution in [2.45, 2.75) is 69.5 Å². The molecule has 12 nitrogen and oxygen atoms in total. The fourth-order valence-corrected chi connectivity index (χ4v) is 6.13. The molecule has 3 fully saturated rings. The lowest BCUT2D eigenvalue weighted by Crippen LogP contribution is -2.46. The van der Waals surface area contributed by atoms with E-state index in [1.165, 1.54) is 26.1 Å². The number of nitrogens with zero attached hydrogens (tertiary/aromatic N) is 7. The van der Waals surface area contributed by atoms with Gasteiger partial charge in [-0.2, -0.15) is 14.7 Å². The lowest BCUT2D eigenvalue weighted by Gasteiger charge is -2.38. The maximum absolute atomic E-state index is 13.1. The number of fused-ring (bicyclic) bond motifs is 3. The summed E-state index contributed by atoms with van der Waals surface area (Å²) in [7, 11) is 0. The van der Waals surface area contributed by atoms with E-state index in [1.54, 1.807) is 10.7 Å². The molecule has 38 heavy (non-hydrogen) atoms. The Bertz CT molecular complexity index is 1530. The fraction of sp³-hybridized carbons (Fsp3) is 0.423. The van der Waals surface area contributed by atoms with Crippen molar-refractivity contribution in [2.75, 3.05) is 11.1 Å². The molecule has 2 aliphatic heterocycles. The molecule has 0 spiro atoms. The van der Waals surface area contributed by atoms with E-state index < -0.39 is 0 Å². The molecule has 2 saturated heterocycles. The number of nitrogen functional groups attached to an aromatic ring is 1. The van der Waals surface area contributed by atoms with Gasteiger partial charge < -0.3 is 16.0 Å². The Kier molecular flexibility index (Phi) is 5.17. The predicted octanol–water partition coefficient (Wildman–Crippen LogP) is 2.82. The van der Waals surface area contributed by atoms with Gasteiger partial charge in [-0.1, -0.05) is 0 Å². The molecule has 1 unspecified atom stereocenters. The first-order valence-corrected chi connectivity index (χ1v) is 13.1. The number of ketones is 1. The molecule has 1 aliphatic carbocycles. The molecule has 6 heterocycles. The van der Waals surface area contributed by atoms with Crippen molar-refractivity contribution < 1.29 is 9.59 Å². The van der Waals surface area contributed by atoms with E-state index in [0.29, 0.717) is 35.8 Å². The van der Waals surface area contributed by atoms with Crippen molar-refractivity contribution in [3.63, 3.8) is 0 Å². The van der Waals surface area contributed by atoms with Crippen molar-refractivity contribution in [3.05, 3.63) is 47.9 Å². The van der Waals surface area contributed by atoms with Crippen LogP contribution in [0, 0.1) is 0 Å². The van der Waals surface area contributed by atoms with Gasteiger partial charge in [0.1, 0.15) is 18.0 Å². The quantitative estimate of drug-likeness (QED) is 0.330. The number of nitrogens with two attached hydrogens (primary N) is 1. The number of carbonyl (C=O) groups excluding carboxylic acids is 2. The van der Waals surface area contributed by atoms with Crippen LogP contribution in [0.25, 0.3) is 16.8 Å². The summed E-state index contributed by atoms with van der Waals surface area (Å²) >= 11 is 0. The third kappa shape index (κ3) is 3.70. The van der Waals surface area contributed by atoms with Gasteiger partial charge in [0.2, 0.25) is 5.82 Å². The molecule has 12 heteroatoms. The van der Waals surface area contributed by atoms with Crippen LogP contribution >= 0.6 is 0 Å². The van der Waals surface area contributed by atoms with Crippen LogP contribution in [0.5, 0.6) is 0 Å². The van der Waals surface area contributed by atoms with Crippen LogP contribution in [0.15, 0.2) is 30.9 Å². The number of anilines is 2. The number of hydrogen-bond acceptors (Lipinski definition) is 9. The Morgan fingerprint density at radius 1 is 1.08 bits per heavy atom. The predicted molar refractivity (Wildman–Crippen MR) is 139 cm³/mol. The monoisotopic (exact) mass is 512 g/mol. The van der Waals surface area contributed by atoms with Gasteiger partial charge in [0, 0.05) is 41.4 Å². The van der Waals surface area contributed by atoms with Crippen LogP contribution in [0.3, 0.4) is 0 Å². The minimum absolute atomic E-state index is 0.0107. The van der Waals surface area contributed by atoms with E-state index in [1.807, 2.05) is 23.2 Å². The standard InChI is InChI=1S/C26H28N10O2/c1-13(37)21-22(15-8-17-5-6-18(9-15)35(17)26(38)24-29-12-30-34-24)33-25-19(11-31-36(25)23(21)27)14-2-7-20(28-10-14)32-16-3-4-16/h2,7,10-12,15-18H,3-6,8-9,27H2,1H3,(H,28,32)(H,29,30,34)/t15?,17-,18+. The average Bonchev–Trinajstić information content (AvgIpc) is 3.27. The molecule has 7 rings (SSSR count). The van der Waals surface area contributed by atoms with Crippen molar-refractivity contribution >= 4 is 29.0 Å². The number of amides is 1. The Morgan fingerprint density at radius 2 is 1.87 bits per heavy atom. The SMILES string of the molecule is CC(=O)c1c(C2C[C@H]3CC[C@@H](C2)N3C(=O)c2ncn[nH]2)nc2c(-c3ccc(NC4CC4)nc3)cnn2c1N. The molecule has 4 aromatic heterocycles. The Morgan fingerprint density at radius 3 is 2.50 bits per heavy atom. The maximum Gasteiger partial charge on any atom is 0.291 e. The lowest BCUT2D eigenvalue weighted by atomic mass is 9.85. The molecule has 1 saturated carbocycles. The summed E-state index contributed by atoms with van der Waals surface area (Å²) in [5.74, 6) is 1.10. The first kappa shape index (κ1) is 22.8. The highest BCUT2D eigenvalue weighted by Gasteiger charge is 2.45. The van der Waals surface area contributed by atoms with Gasteiger partial charge in [0.25, 0.3) is 5.91 Å². The van der Waals surface area contributed by atoms with Gasteiger partial charge in [0.15, 0.2) is 11.4 Å². The minimum atomic E-state index is -0.145. The van der Waals surface area contributed by atoms with Crippen molar-refractivity contribution in [2.24, 2.45) is 0 Å². The van der Waals surface area contributed by atoms with E-state index in [9.17, 15) is 9.59 Å². The third-order valence-corrected chi connectivity index (χ3v) is 8.04. The van der Waals surface area contributed by atoms with E-state index >= 15 is 0 Å². The normalized spacial score (nSPS) is 22.7. The van der Waals surface area contributed by atoms with E-state index in [0.717, 1.165) is 29.8 Å². The fourth-order valence-electron chi connectivity index (χ4n) is 6.13. The molecule has 1 amide bonds. The third-order valence-electron chi connectivity index (χ3n) is 8.04. The number of carbonyl (C=O) groups is 2. The zero-order chi connectivity index (χ0) is 26.0. The summed E-state index contributed by atoms with van der Waals surface area (Å²) in [6.07, 6.45) is 10.4. The van der Waals surface area contributed by atoms with Crippen molar-refractivity contribution in [1.29, 1.82) is 0 Å². The highest BCUT2D eigenvalue weighted by Crippen LogP contribution is 2.45. The molecule has 3 aliphatic rings. The molecular formula is C26H28N10O2. The highest BCUT2D eigenvalue weighted by molar-refractivity contribution is 6.00. The topological polar surface area (TPSA) is 160 Å². The Labute approximate surface area is 218 Å². The molecule has 4 aromatic rings. The minimum Gasteiger partial charge on any atom is -0.383 e. The highest BCUT2D eigenvalue weighted by atomic mass is 16.2. The van der Waals surface area contributed by atoms with Crippen LogP contribution in [0.4, 0.5) is 11.6 Å². The first-order chi connectivity index (χ1) is 18.5. The van der Waals surface area contributed by atoms with Crippen molar-refractivity contribution in [1.82, 2.24) is 39.7 Å². The first-order valence-electron chi connectivity index (χ1n) is 13.1. The van der Waals surface area contributed by atoms with Crippen molar-refractivity contribution in [3.8, 4) is 11.1 Å². The summed E-state index contributed by atoms with van der Waals surface area (Å²) in [6, 6.07) is 4.56. The molecule has 0 aromatic carbocycles. The molecule has 3 atom stereocenters. The molecule has 0 radical (unpaired) electrons. The number of rotatable bonds is 6. The second-order valence-corrected chi connectivity index (χ2v) is 10.6. The van der Waals surface area contributed by atoms with Crippen LogP contribution in [-0.2, 0) is 0 Å². The second kappa shape index (κ2) is 8.61. The summed E-state index contributed by atoms with van der Waals surface area (Å²) in [4.78, 5) is 41.5. The summed E-state index contributed by atoms with van der Waals surface area (Å²) in [5, 5.41) is 14.4.